The first-order valence-electron chi connectivity index (χ1n) is 4.02. The van der Waals surface area contributed by atoms with Crippen LogP contribution in [0, 0.1) is 5.92 Å². The molecule has 1 aliphatic carbocycles. The lowest BCUT2D eigenvalue weighted by Gasteiger charge is -2.02. The maximum Gasteiger partial charge on any atom is 0.0708 e. The summed E-state index contributed by atoms with van der Waals surface area (Å²) < 4.78 is 0. The van der Waals surface area contributed by atoms with Gasteiger partial charge >= 0.3 is 0 Å². The number of halogens is 1. The minimum absolute atomic E-state index is 0.156. The molecular formula is C8H15ClO. The van der Waals surface area contributed by atoms with Crippen molar-refractivity contribution in [2.24, 2.45) is 5.92 Å². The summed E-state index contributed by atoms with van der Waals surface area (Å²) in [6.07, 6.45) is 4.69. The summed E-state index contributed by atoms with van der Waals surface area (Å²) >= 11 is 5.98. The van der Waals surface area contributed by atoms with Crippen LogP contribution < -0.4 is 0 Å². The zero-order chi connectivity index (χ0) is 7.61. The molecule has 0 spiro atoms. The molecule has 1 fully saturated rings. The number of aliphatic hydroxyl groups excluding tert-OH is 1. The average Bonchev–Trinajstić information content (AvgIpc) is 2.59. The van der Waals surface area contributed by atoms with E-state index in [1.807, 2.05) is 0 Å². The molecule has 0 bridgehead atoms. The van der Waals surface area contributed by atoms with Gasteiger partial charge in [-0.25, -0.2) is 0 Å². The van der Waals surface area contributed by atoms with Gasteiger partial charge in [0.25, 0.3) is 0 Å². The normalized spacial score (nSPS) is 38.1. The first kappa shape index (κ1) is 8.35. The van der Waals surface area contributed by atoms with Crippen molar-refractivity contribution in [3.63, 3.8) is 0 Å². The maximum atomic E-state index is 8.80. The van der Waals surface area contributed by atoms with Crippen molar-refractivity contribution in [2.45, 2.75) is 37.5 Å². The molecule has 0 aromatic heterocycles. The average molecular weight is 163 g/mol. The minimum Gasteiger partial charge on any atom is -0.395 e. The molecule has 1 rings (SSSR count). The Kier molecular flexibility index (Phi) is 2.59. The van der Waals surface area contributed by atoms with Gasteiger partial charge < -0.3 is 5.11 Å². The summed E-state index contributed by atoms with van der Waals surface area (Å²) in [5, 5.41) is 8.80. The highest BCUT2D eigenvalue weighted by Crippen LogP contribution is 2.51. The van der Waals surface area contributed by atoms with Gasteiger partial charge in [0.2, 0.25) is 0 Å². The van der Waals surface area contributed by atoms with Crippen LogP contribution in [0.4, 0.5) is 0 Å². The molecular weight excluding hydrogens is 148 g/mol. The summed E-state index contributed by atoms with van der Waals surface area (Å²) in [4.78, 5) is -0.213. The summed E-state index contributed by atoms with van der Waals surface area (Å²) in [6.45, 7) is 2.33. The molecule has 0 aliphatic heterocycles. The first-order valence-corrected chi connectivity index (χ1v) is 4.40. The van der Waals surface area contributed by atoms with Gasteiger partial charge in [-0.15, -0.1) is 11.6 Å². The highest BCUT2D eigenvalue weighted by atomic mass is 35.5. The van der Waals surface area contributed by atoms with E-state index in [4.69, 9.17) is 16.7 Å². The topological polar surface area (TPSA) is 20.2 Å². The fourth-order valence-corrected chi connectivity index (χ4v) is 1.65. The van der Waals surface area contributed by atoms with Gasteiger partial charge in [-0.1, -0.05) is 19.8 Å². The van der Waals surface area contributed by atoms with Gasteiger partial charge in [-0.3, -0.25) is 0 Å². The summed E-state index contributed by atoms with van der Waals surface area (Å²) in [5.41, 5.74) is 0. The Labute approximate surface area is 67.4 Å². The second kappa shape index (κ2) is 3.10. The Morgan fingerprint density at radius 1 is 1.70 bits per heavy atom. The first-order chi connectivity index (χ1) is 4.73. The van der Waals surface area contributed by atoms with Crippen LogP contribution in [-0.2, 0) is 0 Å². The molecule has 0 radical (unpaired) electrons. The molecule has 0 saturated heterocycles. The molecule has 0 aromatic carbocycles. The van der Waals surface area contributed by atoms with E-state index in [0.29, 0.717) is 5.92 Å². The molecule has 2 heteroatoms. The maximum absolute atomic E-state index is 8.80. The summed E-state index contributed by atoms with van der Waals surface area (Å²) in [5.74, 6) is 0.596. The Morgan fingerprint density at radius 3 is 2.80 bits per heavy atom. The molecule has 1 saturated carbocycles. The standard InChI is InChI=1S/C8H15ClO/c1-2-3-4-7-5-8(7,9)6-10/h7,10H,2-6H2,1H3/t7-,8-/m0/s1. The molecule has 2 atom stereocenters. The zero-order valence-corrected chi connectivity index (χ0v) is 7.19. The van der Waals surface area contributed by atoms with Crippen molar-refractivity contribution in [3.8, 4) is 0 Å². The predicted molar refractivity (Wildman–Crippen MR) is 43.3 cm³/mol. The quantitative estimate of drug-likeness (QED) is 0.629. The molecule has 1 nitrogen and oxygen atoms in total. The van der Waals surface area contributed by atoms with Crippen LogP contribution in [0.25, 0.3) is 0 Å². The molecule has 0 heterocycles. The fraction of sp³-hybridized carbons (Fsp3) is 1.00. The number of aliphatic hydroxyl groups is 1. The van der Waals surface area contributed by atoms with E-state index < -0.39 is 0 Å². The van der Waals surface area contributed by atoms with Gasteiger partial charge in [-0.2, -0.15) is 0 Å². The number of rotatable bonds is 4. The number of unbranched alkanes of at least 4 members (excludes halogenated alkanes) is 1. The number of alkyl halides is 1. The van der Waals surface area contributed by atoms with Crippen molar-refractivity contribution >= 4 is 11.6 Å². The van der Waals surface area contributed by atoms with E-state index in [1.54, 1.807) is 0 Å². The predicted octanol–water partition coefficient (Wildman–Crippen LogP) is 2.17. The van der Waals surface area contributed by atoms with Crippen LogP contribution in [0.15, 0.2) is 0 Å². The third-order valence-corrected chi connectivity index (χ3v) is 2.91. The monoisotopic (exact) mass is 162 g/mol. The fourth-order valence-electron chi connectivity index (χ4n) is 1.36. The highest BCUT2D eigenvalue weighted by Gasteiger charge is 2.51. The van der Waals surface area contributed by atoms with Crippen LogP contribution in [0.5, 0.6) is 0 Å². The van der Waals surface area contributed by atoms with Crippen molar-refractivity contribution in [2.75, 3.05) is 6.61 Å². The summed E-state index contributed by atoms with van der Waals surface area (Å²) in [6, 6.07) is 0. The Bertz CT molecular complexity index is 116. The molecule has 60 valence electrons. The number of hydrogen-bond acceptors (Lipinski definition) is 1. The SMILES string of the molecule is CCCC[C@H]1C[C@]1(Cl)CO. The van der Waals surface area contributed by atoms with Crippen LogP contribution in [0.2, 0.25) is 0 Å². The lowest BCUT2D eigenvalue weighted by Crippen LogP contribution is -2.08. The van der Waals surface area contributed by atoms with Crippen LogP contribution in [-0.4, -0.2) is 16.6 Å². The van der Waals surface area contributed by atoms with E-state index in [0.717, 1.165) is 6.42 Å². The molecule has 0 unspecified atom stereocenters. The second-order valence-corrected chi connectivity index (χ2v) is 3.99. The van der Waals surface area contributed by atoms with E-state index in [-0.39, 0.29) is 11.5 Å². The Morgan fingerprint density at radius 2 is 2.40 bits per heavy atom. The van der Waals surface area contributed by atoms with E-state index >= 15 is 0 Å². The third-order valence-electron chi connectivity index (χ3n) is 2.33. The molecule has 0 aromatic rings. The smallest absolute Gasteiger partial charge is 0.0708 e. The van der Waals surface area contributed by atoms with Crippen molar-refractivity contribution < 1.29 is 5.11 Å². The van der Waals surface area contributed by atoms with E-state index in [2.05, 4.69) is 6.92 Å². The molecule has 10 heavy (non-hydrogen) atoms. The molecule has 1 N–H and O–H groups in total. The molecule has 1 aliphatic rings. The number of hydrogen-bond donors (Lipinski definition) is 1. The van der Waals surface area contributed by atoms with Crippen molar-refractivity contribution in [3.05, 3.63) is 0 Å². The van der Waals surface area contributed by atoms with Crippen LogP contribution in [0.1, 0.15) is 32.6 Å². The summed E-state index contributed by atoms with van der Waals surface area (Å²) in [7, 11) is 0. The van der Waals surface area contributed by atoms with Gasteiger partial charge in [0.1, 0.15) is 0 Å². The Balaban J connectivity index is 2.12. The van der Waals surface area contributed by atoms with Crippen molar-refractivity contribution in [1.29, 1.82) is 0 Å². The Hall–Kier alpha value is 0.250. The lowest BCUT2D eigenvalue weighted by atomic mass is 10.1. The minimum atomic E-state index is -0.213. The van der Waals surface area contributed by atoms with Crippen LogP contribution in [0.3, 0.4) is 0 Å². The largest absolute Gasteiger partial charge is 0.395 e. The van der Waals surface area contributed by atoms with E-state index in [1.165, 1.54) is 19.3 Å². The highest BCUT2D eigenvalue weighted by molar-refractivity contribution is 6.26. The van der Waals surface area contributed by atoms with Crippen LogP contribution >= 0.6 is 11.6 Å². The second-order valence-electron chi connectivity index (χ2n) is 3.24. The third kappa shape index (κ3) is 1.64. The lowest BCUT2D eigenvalue weighted by molar-refractivity contribution is 0.278. The van der Waals surface area contributed by atoms with E-state index in [9.17, 15) is 0 Å². The van der Waals surface area contributed by atoms with Gasteiger partial charge in [0, 0.05) is 0 Å². The van der Waals surface area contributed by atoms with Gasteiger partial charge in [0.05, 0.1) is 11.5 Å². The van der Waals surface area contributed by atoms with Crippen molar-refractivity contribution in [1.82, 2.24) is 0 Å². The zero-order valence-electron chi connectivity index (χ0n) is 6.44. The van der Waals surface area contributed by atoms with Gasteiger partial charge in [0.15, 0.2) is 0 Å². The van der Waals surface area contributed by atoms with Gasteiger partial charge in [-0.05, 0) is 18.8 Å². The molecule has 0 amide bonds.